The number of amides is 1. The van der Waals surface area contributed by atoms with Crippen molar-refractivity contribution in [2.45, 2.75) is 6.92 Å². The molecule has 1 aromatic heterocycles. The highest BCUT2D eigenvalue weighted by Crippen LogP contribution is 2.19. The van der Waals surface area contributed by atoms with E-state index in [0.717, 1.165) is 10.9 Å². The number of fused-ring (bicyclic) bond motifs is 1. The summed E-state index contributed by atoms with van der Waals surface area (Å²) in [7, 11) is 0. The van der Waals surface area contributed by atoms with Gasteiger partial charge in [0.25, 0.3) is 5.91 Å². The van der Waals surface area contributed by atoms with E-state index in [1.165, 1.54) is 6.92 Å². The van der Waals surface area contributed by atoms with Gasteiger partial charge in [-0.05, 0) is 31.2 Å². The van der Waals surface area contributed by atoms with Crippen molar-refractivity contribution in [3.63, 3.8) is 0 Å². The Morgan fingerprint density at radius 3 is 2.48 bits per heavy atom. The van der Waals surface area contributed by atoms with Crippen molar-refractivity contribution in [1.82, 2.24) is 4.98 Å². The van der Waals surface area contributed by atoms with Crippen molar-refractivity contribution in [3.05, 3.63) is 65.9 Å². The van der Waals surface area contributed by atoms with E-state index in [1.807, 2.05) is 24.3 Å². The van der Waals surface area contributed by atoms with E-state index in [-0.39, 0.29) is 11.7 Å². The maximum absolute atomic E-state index is 12.3. The lowest BCUT2D eigenvalue weighted by molar-refractivity contribution is 0.101. The van der Waals surface area contributed by atoms with Crippen molar-refractivity contribution in [2.75, 3.05) is 5.32 Å². The average Bonchev–Trinajstić information content (AvgIpc) is 2.91. The molecule has 0 unspecified atom stereocenters. The van der Waals surface area contributed by atoms with Crippen LogP contribution in [0.1, 0.15) is 27.8 Å². The predicted octanol–water partition coefficient (Wildman–Crippen LogP) is 3.62. The summed E-state index contributed by atoms with van der Waals surface area (Å²) < 4.78 is 0. The van der Waals surface area contributed by atoms with Gasteiger partial charge in [0.05, 0.1) is 5.69 Å². The molecule has 1 amide bonds. The number of benzene rings is 2. The fourth-order valence-corrected chi connectivity index (χ4v) is 2.28. The first kappa shape index (κ1) is 13.1. The van der Waals surface area contributed by atoms with Crippen LogP contribution in [-0.4, -0.2) is 16.7 Å². The zero-order valence-electron chi connectivity index (χ0n) is 11.5. The Kier molecular flexibility index (Phi) is 3.28. The van der Waals surface area contributed by atoms with Crippen LogP contribution in [0, 0.1) is 0 Å². The molecule has 0 fully saturated rings. The van der Waals surface area contributed by atoms with Crippen LogP contribution < -0.4 is 5.32 Å². The highest BCUT2D eigenvalue weighted by Gasteiger charge is 2.13. The maximum Gasteiger partial charge on any atom is 0.272 e. The Balaban J connectivity index is 1.91. The number of ketones is 1. The molecular formula is C17H14N2O2. The van der Waals surface area contributed by atoms with E-state index in [2.05, 4.69) is 10.3 Å². The molecule has 0 atom stereocenters. The van der Waals surface area contributed by atoms with Crippen LogP contribution in [-0.2, 0) is 0 Å². The van der Waals surface area contributed by atoms with Gasteiger partial charge in [-0.25, -0.2) is 0 Å². The first-order valence-electron chi connectivity index (χ1n) is 6.64. The topological polar surface area (TPSA) is 62.0 Å². The molecule has 0 aliphatic carbocycles. The van der Waals surface area contributed by atoms with E-state index in [9.17, 15) is 9.59 Å². The van der Waals surface area contributed by atoms with Crippen LogP contribution in [0.2, 0.25) is 0 Å². The van der Waals surface area contributed by atoms with E-state index < -0.39 is 0 Å². The maximum atomic E-state index is 12.3. The van der Waals surface area contributed by atoms with Crippen molar-refractivity contribution in [2.24, 2.45) is 0 Å². The Hall–Kier alpha value is -2.88. The number of Topliss-reactive ketones (excluding diaryl/α,β-unsaturated/α-hetero) is 1. The van der Waals surface area contributed by atoms with Crippen molar-refractivity contribution >= 4 is 28.3 Å². The van der Waals surface area contributed by atoms with Crippen LogP contribution in [0.5, 0.6) is 0 Å². The summed E-state index contributed by atoms with van der Waals surface area (Å²) in [5.41, 5.74) is 2.40. The summed E-state index contributed by atoms with van der Waals surface area (Å²) in [5.74, 6) is -0.345. The monoisotopic (exact) mass is 278 g/mol. The van der Waals surface area contributed by atoms with Crippen LogP contribution in [0.4, 0.5) is 5.69 Å². The van der Waals surface area contributed by atoms with Gasteiger partial charge in [-0.2, -0.15) is 0 Å². The lowest BCUT2D eigenvalue weighted by atomic mass is 10.1. The summed E-state index contributed by atoms with van der Waals surface area (Å²) in [6.45, 7) is 1.48. The second-order valence-corrected chi connectivity index (χ2v) is 4.83. The van der Waals surface area contributed by atoms with Crippen LogP contribution in [0.3, 0.4) is 0 Å². The normalized spacial score (nSPS) is 10.5. The molecule has 2 N–H and O–H groups in total. The zero-order chi connectivity index (χ0) is 14.8. The highest BCUT2D eigenvalue weighted by atomic mass is 16.2. The van der Waals surface area contributed by atoms with Crippen molar-refractivity contribution in [1.29, 1.82) is 0 Å². The number of hydrogen-bond acceptors (Lipinski definition) is 2. The van der Waals surface area contributed by atoms with Gasteiger partial charge in [0.1, 0.15) is 5.69 Å². The van der Waals surface area contributed by atoms with Crippen molar-refractivity contribution < 1.29 is 9.59 Å². The largest absolute Gasteiger partial charge is 0.351 e. The van der Waals surface area contributed by atoms with E-state index in [0.29, 0.717) is 16.9 Å². The molecule has 3 rings (SSSR count). The van der Waals surface area contributed by atoms with Crippen molar-refractivity contribution in [3.8, 4) is 0 Å². The Bertz CT molecular complexity index is 800. The van der Waals surface area contributed by atoms with Gasteiger partial charge in [-0.15, -0.1) is 0 Å². The third kappa shape index (κ3) is 2.56. The minimum Gasteiger partial charge on any atom is -0.351 e. The minimum absolute atomic E-state index is 0.0810. The minimum atomic E-state index is -0.264. The molecular weight excluding hydrogens is 264 g/mol. The Morgan fingerprint density at radius 2 is 1.71 bits per heavy atom. The molecule has 0 aliphatic heterocycles. The first-order chi connectivity index (χ1) is 10.1. The number of nitrogens with one attached hydrogen (secondary N) is 2. The number of aromatic amines is 1. The Morgan fingerprint density at radius 1 is 1.00 bits per heavy atom. The number of carbonyl (C=O) groups excluding carboxylic acids is 2. The predicted molar refractivity (Wildman–Crippen MR) is 82.7 cm³/mol. The second-order valence-electron chi connectivity index (χ2n) is 4.83. The van der Waals surface area contributed by atoms with Gasteiger partial charge in [0.2, 0.25) is 0 Å². The lowest BCUT2D eigenvalue weighted by Gasteiger charge is -2.07. The number of anilines is 1. The molecule has 0 radical (unpaired) electrons. The molecule has 21 heavy (non-hydrogen) atoms. The molecule has 4 heteroatoms. The number of hydrogen-bond donors (Lipinski definition) is 2. The van der Waals surface area contributed by atoms with Gasteiger partial charge < -0.3 is 10.3 Å². The number of carbonyl (C=O) groups is 2. The van der Waals surface area contributed by atoms with Crippen LogP contribution >= 0.6 is 0 Å². The highest BCUT2D eigenvalue weighted by molar-refractivity contribution is 6.09. The van der Waals surface area contributed by atoms with Gasteiger partial charge >= 0.3 is 0 Å². The smallest absolute Gasteiger partial charge is 0.272 e. The van der Waals surface area contributed by atoms with Gasteiger partial charge in [-0.1, -0.05) is 30.3 Å². The van der Waals surface area contributed by atoms with Crippen LogP contribution in [0.15, 0.2) is 54.6 Å². The van der Waals surface area contributed by atoms with Gasteiger partial charge in [0.15, 0.2) is 5.78 Å². The molecule has 0 aliphatic rings. The molecule has 0 bridgehead atoms. The SMILES string of the molecule is CC(=O)c1ccccc1NC(=O)c1cc2ccccc2[nH]1. The molecule has 104 valence electrons. The number of para-hydroxylation sites is 2. The average molecular weight is 278 g/mol. The van der Waals surface area contributed by atoms with E-state index >= 15 is 0 Å². The fourth-order valence-electron chi connectivity index (χ4n) is 2.28. The molecule has 0 saturated heterocycles. The third-order valence-electron chi connectivity index (χ3n) is 3.33. The van der Waals surface area contributed by atoms with Crippen LogP contribution in [0.25, 0.3) is 10.9 Å². The number of rotatable bonds is 3. The van der Waals surface area contributed by atoms with Gasteiger partial charge in [-0.3, -0.25) is 9.59 Å². The Labute approximate surface area is 121 Å². The summed E-state index contributed by atoms with van der Waals surface area (Å²) in [5, 5.41) is 3.75. The number of H-pyrrole nitrogens is 1. The van der Waals surface area contributed by atoms with E-state index in [4.69, 9.17) is 0 Å². The zero-order valence-corrected chi connectivity index (χ0v) is 11.5. The van der Waals surface area contributed by atoms with Gasteiger partial charge in [0, 0.05) is 16.5 Å². The molecule has 4 nitrogen and oxygen atoms in total. The third-order valence-corrected chi connectivity index (χ3v) is 3.33. The standard InChI is InChI=1S/C17H14N2O2/c1-11(20)13-7-3-5-9-15(13)19-17(21)16-10-12-6-2-4-8-14(12)18-16/h2-10,18H,1H3,(H,19,21). The van der Waals surface area contributed by atoms with E-state index in [1.54, 1.807) is 30.3 Å². The summed E-state index contributed by atoms with van der Waals surface area (Å²) in [4.78, 5) is 26.9. The molecule has 2 aromatic carbocycles. The molecule has 0 saturated carbocycles. The summed E-state index contributed by atoms with van der Waals surface area (Å²) in [6.07, 6.45) is 0. The molecule has 1 heterocycles. The quantitative estimate of drug-likeness (QED) is 0.719. The lowest BCUT2D eigenvalue weighted by Crippen LogP contribution is -2.14. The number of aromatic nitrogens is 1. The first-order valence-corrected chi connectivity index (χ1v) is 6.64. The fraction of sp³-hybridized carbons (Fsp3) is 0.0588. The summed E-state index contributed by atoms with van der Waals surface area (Å²) >= 11 is 0. The molecule has 3 aromatic rings. The molecule has 0 spiro atoms. The summed E-state index contributed by atoms with van der Waals surface area (Å²) in [6, 6.07) is 16.4. The second kappa shape index (κ2) is 5.25.